The van der Waals surface area contributed by atoms with Gasteiger partial charge in [-0.1, -0.05) is 30.3 Å². The zero-order chi connectivity index (χ0) is 16.2. The molecule has 0 aliphatic carbocycles. The van der Waals surface area contributed by atoms with Crippen LogP contribution in [-0.2, 0) is 14.3 Å². The van der Waals surface area contributed by atoms with Gasteiger partial charge in [0.05, 0.1) is 18.6 Å². The summed E-state index contributed by atoms with van der Waals surface area (Å²) < 4.78 is 5.03. The van der Waals surface area contributed by atoms with E-state index in [1.54, 1.807) is 12.0 Å². The third-order valence-corrected chi connectivity index (χ3v) is 4.85. The van der Waals surface area contributed by atoms with Crippen molar-refractivity contribution < 1.29 is 14.3 Å². The average Bonchev–Trinajstić information content (AvgIpc) is 3.20. The van der Waals surface area contributed by atoms with Crippen molar-refractivity contribution in [3.63, 3.8) is 0 Å². The quantitative estimate of drug-likeness (QED) is 0.833. The van der Waals surface area contributed by atoms with Gasteiger partial charge in [-0.3, -0.25) is 9.59 Å². The Hall–Kier alpha value is -1.88. The number of likely N-dealkylation sites (tertiary alicyclic amines) is 2. The van der Waals surface area contributed by atoms with Gasteiger partial charge >= 0.3 is 0 Å². The van der Waals surface area contributed by atoms with E-state index < -0.39 is 0 Å². The van der Waals surface area contributed by atoms with Gasteiger partial charge < -0.3 is 14.5 Å². The third-order valence-electron chi connectivity index (χ3n) is 4.85. The predicted octanol–water partition coefficient (Wildman–Crippen LogP) is 1.84. The van der Waals surface area contributed by atoms with Crippen LogP contribution in [-0.4, -0.2) is 55.0 Å². The summed E-state index contributed by atoms with van der Waals surface area (Å²) in [7, 11) is 1.62. The Morgan fingerprint density at radius 3 is 2.83 bits per heavy atom. The predicted molar refractivity (Wildman–Crippen MR) is 86.7 cm³/mol. The maximum atomic E-state index is 12.9. The molecule has 1 aromatic carbocycles. The molecule has 0 radical (unpaired) electrons. The molecule has 0 spiro atoms. The Morgan fingerprint density at radius 1 is 1.30 bits per heavy atom. The summed E-state index contributed by atoms with van der Waals surface area (Å²) in [5, 5.41) is 0. The second kappa shape index (κ2) is 7.13. The molecule has 0 aromatic heterocycles. The monoisotopic (exact) mass is 316 g/mol. The summed E-state index contributed by atoms with van der Waals surface area (Å²) >= 11 is 0. The minimum atomic E-state index is -0.205. The van der Waals surface area contributed by atoms with Gasteiger partial charge in [0.1, 0.15) is 0 Å². The summed E-state index contributed by atoms with van der Waals surface area (Å²) in [5.74, 6) is -0.0100. The van der Waals surface area contributed by atoms with Crippen LogP contribution in [0.15, 0.2) is 30.3 Å². The van der Waals surface area contributed by atoms with Crippen molar-refractivity contribution >= 4 is 11.8 Å². The fourth-order valence-corrected chi connectivity index (χ4v) is 3.64. The van der Waals surface area contributed by atoms with E-state index in [0.29, 0.717) is 26.1 Å². The van der Waals surface area contributed by atoms with Gasteiger partial charge in [0.2, 0.25) is 11.8 Å². The number of amides is 2. The van der Waals surface area contributed by atoms with E-state index in [4.69, 9.17) is 4.74 Å². The first-order chi connectivity index (χ1) is 11.2. The Labute approximate surface area is 137 Å². The highest BCUT2D eigenvalue weighted by atomic mass is 16.5. The maximum absolute atomic E-state index is 12.9. The molecule has 5 nitrogen and oxygen atoms in total. The zero-order valence-corrected chi connectivity index (χ0v) is 13.6. The number of nitrogens with zero attached hydrogens (tertiary/aromatic N) is 2. The number of benzene rings is 1. The highest BCUT2D eigenvalue weighted by molar-refractivity contribution is 5.89. The fraction of sp³-hybridized carbons (Fsp3) is 0.556. The van der Waals surface area contributed by atoms with Crippen LogP contribution in [0.2, 0.25) is 0 Å². The van der Waals surface area contributed by atoms with Crippen LogP contribution in [0.5, 0.6) is 0 Å². The van der Waals surface area contributed by atoms with E-state index in [0.717, 1.165) is 19.4 Å². The fourth-order valence-electron chi connectivity index (χ4n) is 3.64. The molecule has 23 heavy (non-hydrogen) atoms. The number of hydrogen-bond donors (Lipinski definition) is 0. The molecule has 0 bridgehead atoms. The minimum Gasteiger partial charge on any atom is -0.383 e. The van der Waals surface area contributed by atoms with Crippen LogP contribution < -0.4 is 0 Å². The van der Waals surface area contributed by atoms with Gasteiger partial charge in [-0.05, 0) is 18.4 Å². The Kier molecular flexibility index (Phi) is 4.96. The Balaban J connectivity index is 1.67. The molecule has 0 saturated carbocycles. The van der Waals surface area contributed by atoms with Crippen LogP contribution in [0.25, 0.3) is 0 Å². The molecule has 2 saturated heterocycles. The molecule has 2 amide bonds. The van der Waals surface area contributed by atoms with Crippen LogP contribution in [0, 0.1) is 5.92 Å². The first-order valence-corrected chi connectivity index (χ1v) is 8.33. The van der Waals surface area contributed by atoms with Crippen molar-refractivity contribution in [2.75, 3.05) is 33.4 Å². The van der Waals surface area contributed by atoms with E-state index in [2.05, 4.69) is 12.1 Å². The zero-order valence-electron chi connectivity index (χ0n) is 13.6. The van der Waals surface area contributed by atoms with Gasteiger partial charge in [0.15, 0.2) is 0 Å². The number of methoxy groups -OCH3 is 1. The molecule has 0 unspecified atom stereocenters. The molecule has 3 rings (SSSR count). The minimum absolute atomic E-state index is 0.0656. The molecule has 2 heterocycles. The van der Waals surface area contributed by atoms with E-state index in [9.17, 15) is 9.59 Å². The van der Waals surface area contributed by atoms with Gasteiger partial charge in [-0.25, -0.2) is 0 Å². The normalized spacial score (nSPS) is 24.5. The summed E-state index contributed by atoms with van der Waals surface area (Å²) in [4.78, 5) is 28.7. The third kappa shape index (κ3) is 3.39. The van der Waals surface area contributed by atoms with Crippen molar-refractivity contribution in [3.8, 4) is 0 Å². The van der Waals surface area contributed by atoms with E-state index >= 15 is 0 Å². The lowest BCUT2D eigenvalue weighted by Crippen LogP contribution is -2.37. The van der Waals surface area contributed by atoms with Gasteiger partial charge in [-0.2, -0.15) is 0 Å². The molecular weight excluding hydrogens is 292 g/mol. The van der Waals surface area contributed by atoms with Crippen LogP contribution >= 0.6 is 0 Å². The topological polar surface area (TPSA) is 49.9 Å². The Morgan fingerprint density at radius 2 is 2.09 bits per heavy atom. The number of ether oxygens (including phenoxy) is 1. The van der Waals surface area contributed by atoms with Crippen molar-refractivity contribution in [1.29, 1.82) is 0 Å². The molecule has 2 aliphatic heterocycles. The SMILES string of the molecule is COCCN1C[C@@H](C(=O)N2CCC[C@H]2c2ccccc2)CC1=O. The van der Waals surface area contributed by atoms with Gasteiger partial charge in [-0.15, -0.1) is 0 Å². The van der Waals surface area contributed by atoms with Crippen molar-refractivity contribution in [2.45, 2.75) is 25.3 Å². The van der Waals surface area contributed by atoms with Crippen LogP contribution in [0.3, 0.4) is 0 Å². The van der Waals surface area contributed by atoms with Gasteiger partial charge in [0.25, 0.3) is 0 Å². The van der Waals surface area contributed by atoms with Crippen molar-refractivity contribution in [1.82, 2.24) is 9.80 Å². The average molecular weight is 316 g/mol. The molecule has 0 N–H and O–H groups in total. The van der Waals surface area contributed by atoms with Crippen molar-refractivity contribution in [2.24, 2.45) is 5.92 Å². The highest BCUT2D eigenvalue weighted by Gasteiger charge is 2.39. The highest BCUT2D eigenvalue weighted by Crippen LogP contribution is 2.34. The molecule has 5 heteroatoms. The lowest BCUT2D eigenvalue weighted by atomic mass is 10.0. The number of hydrogen-bond acceptors (Lipinski definition) is 3. The Bertz CT molecular complexity index is 561. The summed E-state index contributed by atoms with van der Waals surface area (Å²) in [6.07, 6.45) is 2.36. The van der Waals surface area contributed by atoms with E-state index in [-0.39, 0.29) is 23.8 Å². The molecule has 124 valence electrons. The number of carbonyl (C=O) groups is 2. The molecule has 2 aliphatic rings. The van der Waals surface area contributed by atoms with E-state index in [1.165, 1.54) is 5.56 Å². The molecular formula is C18H24N2O3. The van der Waals surface area contributed by atoms with Crippen LogP contribution in [0.1, 0.15) is 30.9 Å². The second-order valence-corrected chi connectivity index (χ2v) is 6.33. The van der Waals surface area contributed by atoms with Crippen LogP contribution in [0.4, 0.5) is 0 Å². The molecule has 1 aromatic rings. The standard InChI is InChI=1S/C18H24N2O3/c1-23-11-10-19-13-15(12-17(19)21)18(22)20-9-5-8-16(20)14-6-3-2-4-7-14/h2-4,6-7,15-16H,5,8-13H2,1H3/t15-,16-/m0/s1. The van der Waals surface area contributed by atoms with Crippen molar-refractivity contribution in [3.05, 3.63) is 35.9 Å². The van der Waals surface area contributed by atoms with Gasteiger partial charge in [0, 0.05) is 33.2 Å². The maximum Gasteiger partial charge on any atom is 0.228 e. The smallest absolute Gasteiger partial charge is 0.228 e. The summed E-state index contributed by atoms with van der Waals surface area (Å²) in [6, 6.07) is 10.4. The lowest BCUT2D eigenvalue weighted by molar-refractivity contribution is -0.136. The second-order valence-electron chi connectivity index (χ2n) is 6.33. The number of rotatable bonds is 5. The molecule has 2 atom stereocenters. The lowest BCUT2D eigenvalue weighted by Gasteiger charge is -2.27. The summed E-state index contributed by atoms with van der Waals surface area (Å²) in [5.41, 5.74) is 1.19. The first-order valence-electron chi connectivity index (χ1n) is 8.33. The summed E-state index contributed by atoms with van der Waals surface area (Å²) in [6.45, 7) is 2.41. The molecule has 2 fully saturated rings. The van der Waals surface area contributed by atoms with E-state index in [1.807, 2.05) is 23.1 Å². The largest absolute Gasteiger partial charge is 0.383 e. The first kappa shape index (κ1) is 16.0. The number of carbonyl (C=O) groups excluding carboxylic acids is 2.